The van der Waals surface area contributed by atoms with Crippen molar-refractivity contribution in [2.45, 2.75) is 11.1 Å². The number of nitrogens with one attached hydrogen (secondary N) is 1. The van der Waals surface area contributed by atoms with Gasteiger partial charge in [-0.2, -0.15) is 13.2 Å². The van der Waals surface area contributed by atoms with Gasteiger partial charge in [0.2, 0.25) is 0 Å². The molecule has 5 nitrogen and oxygen atoms in total. The zero-order valence-electron chi connectivity index (χ0n) is 11.6. The minimum atomic E-state index is -4.93. The van der Waals surface area contributed by atoms with Crippen molar-refractivity contribution in [1.82, 2.24) is 0 Å². The number of benzene rings is 2. The number of hydrogen-bond donors (Lipinski definition) is 2. The summed E-state index contributed by atoms with van der Waals surface area (Å²) >= 11 is 5.51. The highest BCUT2D eigenvalue weighted by atomic mass is 35.5. The van der Waals surface area contributed by atoms with Gasteiger partial charge in [-0.05, 0) is 36.4 Å². The molecule has 0 radical (unpaired) electrons. The Bertz CT molecular complexity index is 897. The fraction of sp³-hybridized carbons (Fsp3) is 0.0714. The molecule has 2 aromatic rings. The normalized spacial score (nSPS) is 12.0. The van der Waals surface area contributed by atoms with Crippen molar-refractivity contribution >= 4 is 33.3 Å². The van der Waals surface area contributed by atoms with Gasteiger partial charge in [-0.3, -0.25) is 4.72 Å². The first kappa shape index (κ1) is 18.1. The monoisotopic (exact) mass is 379 g/mol. The summed E-state index contributed by atoms with van der Waals surface area (Å²) < 4.78 is 65.6. The van der Waals surface area contributed by atoms with Gasteiger partial charge in [0.15, 0.2) is 0 Å². The maximum absolute atomic E-state index is 13.0. The van der Waals surface area contributed by atoms with Gasteiger partial charge in [0, 0.05) is 10.7 Å². The Hall–Kier alpha value is -2.26. The van der Waals surface area contributed by atoms with Crippen molar-refractivity contribution in [2.24, 2.45) is 0 Å². The zero-order chi connectivity index (χ0) is 18.1. The Morgan fingerprint density at radius 3 is 2.38 bits per heavy atom. The lowest BCUT2D eigenvalue weighted by Crippen LogP contribution is -2.19. The summed E-state index contributed by atoms with van der Waals surface area (Å²) in [5.74, 6) is -1.31. The fourth-order valence-electron chi connectivity index (χ4n) is 1.88. The Kier molecular flexibility index (Phi) is 4.77. The predicted molar refractivity (Wildman–Crippen MR) is 80.7 cm³/mol. The molecule has 0 saturated carbocycles. The molecule has 0 unspecified atom stereocenters. The second-order valence-electron chi connectivity index (χ2n) is 4.63. The first-order valence-electron chi connectivity index (χ1n) is 6.23. The molecule has 10 heteroatoms. The second-order valence-corrected chi connectivity index (χ2v) is 6.72. The number of aromatic carboxylic acids is 1. The SMILES string of the molecule is O=C(O)c1cccc(NS(=O)(=O)c2ccc(Cl)cc2C(F)(F)F)c1. The molecule has 0 bridgehead atoms. The number of anilines is 1. The molecule has 0 spiro atoms. The third kappa shape index (κ3) is 3.98. The maximum atomic E-state index is 13.0. The second kappa shape index (κ2) is 6.33. The lowest BCUT2D eigenvalue weighted by Gasteiger charge is -2.15. The molecule has 0 atom stereocenters. The van der Waals surface area contributed by atoms with Gasteiger partial charge in [-0.1, -0.05) is 17.7 Å². The van der Waals surface area contributed by atoms with Crippen molar-refractivity contribution < 1.29 is 31.5 Å². The summed E-state index contributed by atoms with van der Waals surface area (Å²) in [5.41, 5.74) is -1.82. The Balaban J connectivity index is 2.49. The summed E-state index contributed by atoms with van der Waals surface area (Å²) in [6.45, 7) is 0. The van der Waals surface area contributed by atoms with Crippen LogP contribution in [-0.4, -0.2) is 19.5 Å². The van der Waals surface area contributed by atoms with Gasteiger partial charge in [0.05, 0.1) is 16.0 Å². The van der Waals surface area contributed by atoms with Crippen LogP contribution in [0.15, 0.2) is 47.4 Å². The number of rotatable bonds is 4. The zero-order valence-corrected chi connectivity index (χ0v) is 13.2. The van der Waals surface area contributed by atoms with Crippen LogP contribution < -0.4 is 4.72 Å². The number of carboxylic acid groups (broad SMARTS) is 1. The van der Waals surface area contributed by atoms with Gasteiger partial charge < -0.3 is 5.11 Å². The van der Waals surface area contributed by atoms with Crippen LogP contribution in [0.2, 0.25) is 5.02 Å². The molecule has 128 valence electrons. The molecule has 0 saturated heterocycles. The van der Waals surface area contributed by atoms with E-state index in [1.165, 1.54) is 18.2 Å². The predicted octanol–water partition coefficient (Wildman–Crippen LogP) is 3.86. The van der Waals surface area contributed by atoms with E-state index >= 15 is 0 Å². The van der Waals surface area contributed by atoms with E-state index < -0.39 is 32.6 Å². The van der Waals surface area contributed by atoms with Crippen LogP contribution in [0.3, 0.4) is 0 Å². The molecule has 0 aliphatic carbocycles. The van der Waals surface area contributed by atoms with Crippen molar-refractivity contribution in [2.75, 3.05) is 4.72 Å². The standard InChI is InChI=1S/C14H9ClF3NO4S/c15-9-4-5-12(11(7-9)14(16,17)18)24(22,23)19-10-3-1-2-8(6-10)13(20)21/h1-7,19H,(H,20,21). The Morgan fingerprint density at radius 2 is 1.79 bits per heavy atom. The highest BCUT2D eigenvalue weighted by Crippen LogP contribution is 2.36. The van der Waals surface area contributed by atoms with Crippen LogP contribution in [-0.2, 0) is 16.2 Å². The summed E-state index contributed by atoms with van der Waals surface area (Å²) in [4.78, 5) is 9.86. The lowest BCUT2D eigenvalue weighted by atomic mass is 10.2. The molecule has 2 N–H and O–H groups in total. The summed E-state index contributed by atoms with van der Waals surface area (Å²) in [6.07, 6.45) is -4.93. The molecule has 2 rings (SSSR count). The molecule has 2 aromatic carbocycles. The van der Waals surface area contributed by atoms with E-state index in [0.29, 0.717) is 6.07 Å². The lowest BCUT2D eigenvalue weighted by molar-refractivity contribution is -0.139. The van der Waals surface area contributed by atoms with Crippen molar-refractivity contribution in [3.05, 3.63) is 58.6 Å². The van der Waals surface area contributed by atoms with Crippen molar-refractivity contribution in [1.29, 1.82) is 0 Å². The topological polar surface area (TPSA) is 83.5 Å². The molecule has 0 aliphatic rings. The molecule has 0 fully saturated rings. The number of hydrogen-bond acceptors (Lipinski definition) is 3. The van der Waals surface area contributed by atoms with Gasteiger partial charge in [0.25, 0.3) is 10.0 Å². The van der Waals surface area contributed by atoms with Gasteiger partial charge >= 0.3 is 12.1 Å². The third-order valence-corrected chi connectivity index (χ3v) is 4.57. The van der Waals surface area contributed by atoms with Gasteiger partial charge in [-0.15, -0.1) is 0 Å². The summed E-state index contributed by atoms with van der Waals surface area (Å²) in [6, 6.07) is 6.92. The summed E-state index contributed by atoms with van der Waals surface area (Å²) in [5, 5.41) is 8.60. The molecule has 0 heterocycles. The number of sulfonamides is 1. The smallest absolute Gasteiger partial charge is 0.417 e. The molecule has 0 amide bonds. The van der Waals surface area contributed by atoms with E-state index in [0.717, 1.165) is 18.2 Å². The van der Waals surface area contributed by atoms with E-state index in [1.54, 1.807) is 0 Å². The minimum absolute atomic E-state index is 0.182. The van der Waals surface area contributed by atoms with Crippen molar-refractivity contribution in [3.8, 4) is 0 Å². The number of alkyl halides is 3. The first-order chi connectivity index (χ1) is 11.0. The first-order valence-corrected chi connectivity index (χ1v) is 8.10. The van der Waals surface area contributed by atoms with Gasteiger partial charge in [-0.25, -0.2) is 13.2 Å². The third-order valence-electron chi connectivity index (χ3n) is 2.90. The molecule has 24 heavy (non-hydrogen) atoms. The number of halogens is 4. The van der Waals surface area contributed by atoms with E-state index in [1.807, 2.05) is 4.72 Å². The Labute approximate surface area is 139 Å². The van der Waals surface area contributed by atoms with E-state index in [2.05, 4.69) is 0 Å². The summed E-state index contributed by atoms with van der Waals surface area (Å²) in [7, 11) is -4.61. The van der Waals surface area contributed by atoms with Crippen LogP contribution in [0.5, 0.6) is 0 Å². The molecule has 0 aliphatic heterocycles. The van der Waals surface area contributed by atoms with E-state index in [-0.39, 0.29) is 16.3 Å². The van der Waals surface area contributed by atoms with Crippen LogP contribution in [0, 0.1) is 0 Å². The highest BCUT2D eigenvalue weighted by Gasteiger charge is 2.37. The highest BCUT2D eigenvalue weighted by molar-refractivity contribution is 7.92. The minimum Gasteiger partial charge on any atom is -0.478 e. The van der Waals surface area contributed by atoms with Crippen molar-refractivity contribution in [3.63, 3.8) is 0 Å². The van der Waals surface area contributed by atoms with Gasteiger partial charge in [0.1, 0.15) is 0 Å². The molecular formula is C14H9ClF3NO4S. The average molecular weight is 380 g/mol. The number of carbonyl (C=O) groups is 1. The quantitative estimate of drug-likeness (QED) is 0.845. The maximum Gasteiger partial charge on any atom is 0.417 e. The fourth-order valence-corrected chi connectivity index (χ4v) is 3.31. The largest absolute Gasteiger partial charge is 0.478 e. The average Bonchev–Trinajstić information content (AvgIpc) is 2.45. The number of carboxylic acids is 1. The Morgan fingerprint density at radius 1 is 1.12 bits per heavy atom. The van der Waals surface area contributed by atoms with Crippen LogP contribution in [0.4, 0.5) is 18.9 Å². The van der Waals surface area contributed by atoms with Crippen LogP contribution >= 0.6 is 11.6 Å². The molecular weight excluding hydrogens is 371 g/mol. The molecule has 0 aromatic heterocycles. The van der Waals surface area contributed by atoms with E-state index in [4.69, 9.17) is 16.7 Å². The van der Waals surface area contributed by atoms with Crippen LogP contribution in [0.25, 0.3) is 0 Å². The van der Waals surface area contributed by atoms with Crippen LogP contribution in [0.1, 0.15) is 15.9 Å². The van der Waals surface area contributed by atoms with E-state index in [9.17, 15) is 26.4 Å².